The van der Waals surface area contributed by atoms with Crippen LogP contribution in [-0.4, -0.2) is 34.5 Å². The van der Waals surface area contributed by atoms with E-state index in [1.54, 1.807) is 12.1 Å². The Morgan fingerprint density at radius 3 is 1.59 bits per heavy atom. The molecule has 0 radical (unpaired) electrons. The topological polar surface area (TPSA) is 66.6 Å². The largest absolute Gasteiger partial charge is 0.508 e. The number of primary amides is 1. The standard InChI is InChI=1S/C23H30N2O.C12H10O/c1-22(2,25-17-9-10-18-25)15-16-23(21(24)26,19-11-5-3-6-12-19)20-13-7-4-8-14-20;13-12-8-6-11(7-9-12)10-4-2-1-3-5-10/h3-8,11-14H,9-10,15-18H2,1-2H3,(H2,24,26);1-9,13H. The minimum Gasteiger partial charge on any atom is -0.508 e. The van der Waals surface area contributed by atoms with Crippen LogP contribution in [0.1, 0.15) is 50.7 Å². The second-order valence-electron chi connectivity index (χ2n) is 10.9. The third kappa shape index (κ3) is 6.76. The van der Waals surface area contributed by atoms with E-state index in [4.69, 9.17) is 10.8 Å². The van der Waals surface area contributed by atoms with Crippen LogP contribution in [0.2, 0.25) is 0 Å². The monoisotopic (exact) mass is 520 g/mol. The molecule has 39 heavy (non-hydrogen) atoms. The van der Waals surface area contributed by atoms with Crippen LogP contribution in [0.15, 0.2) is 115 Å². The summed E-state index contributed by atoms with van der Waals surface area (Å²) >= 11 is 0. The van der Waals surface area contributed by atoms with Gasteiger partial charge in [-0.05, 0) is 87.0 Å². The Balaban J connectivity index is 0.000000226. The van der Waals surface area contributed by atoms with Crippen LogP contribution >= 0.6 is 0 Å². The zero-order chi connectivity index (χ0) is 27.7. The van der Waals surface area contributed by atoms with Crippen molar-refractivity contribution in [3.05, 3.63) is 126 Å². The average molecular weight is 521 g/mol. The fourth-order valence-corrected chi connectivity index (χ4v) is 5.57. The van der Waals surface area contributed by atoms with E-state index < -0.39 is 5.41 Å². The van der Waals surface area contributed by atoms with Crippen LogP contribution in [0, 0.1) is 0 Å². The van der Waals surface area contributed by atoms with Gasteiger partial charge in [0.2, 0.25) is 5.91 Å². The molecule has 5 rings (SSSR count). The molecule has 4 heteroatoms. The highest BCUT2D eigenvalue weighted by atomic mass is 16.3. The summed E-state index contributed by atoms with van der Waals surface area (Å²) in [5.74, 6) is 0.0341. The summed E-state index contributed by atoms with van der Waals surface area (Å²) in [6, 6.07) is 37.3. The number of likely N-dealkylation sites (tertiary alicyclic amines) is 1. The maximum absolute atomic E-state index is 12.9. The number of phenolic OH excluding ortho intramolecular Hbond substituents is 1. The molecule has 0 saturated carbocycles. The van der Waals surface area contributed by atoms with Crippen molar-refractivity contribution in [3.63, 3.8) is 0 Å². The van der Waals surface area contributed by atoms with Gasteiger partial charge in [0.15, 0.2) is 0 Å². The Morgan fingerprint density at radius 1 is 0.692 bits per heavy atom. The number of nitrogens with zero attached hydrogens (tertiary/aromatic N) is 1. The van der Waals surface area contributed by atoms with Gasteiger partial charge in [0.05, 0.1) is 5.41 Å². The molecule has 1 aliphatic rings. The van der Waals surface area contributed by atoms with E-state index in [1.165, 1.54) is 18.4 Å². The fourth-order valence-electron chi connectivity index (χ4n) is 5.57. The van der Waals surface area contributed by atoms with E-state index in [0.29, 0.717) is 12.2 Å². The molecule has 0 aromatic heterocycles. The summed E-state index contributed by atoms with van der Waals surface area (Å²) in [5, 5.41) is 9.10. The SMILES string of the molecule is CC(C)(CCC(C(N)=O)(c1ccccc1)c1ccccc1)N1CCCC1.Oc1ccc(-c2ccccc2)cc1. The van der Waals surface area contributed by atoms with Crippen molar-refractivity contribution >= 4 is 5.91 Å². The predicted octanol–water partition coefficient (Wildman–Crippen LogP) is 7.17. The van der Waals surface area contributed by atoms with Gasteiger partial charge < -0.3 is 10.8 Å². The van der Waals surface area contributed by atoms with E-state index in [-0.39, 0.29) is 11.4 Å². The first-order chi connectivity index (χ1) is 18.8. The number of nitrogens with two attached hydrogens (primary N) is 1. The van der Waals surface area contributed by atoms with Gasteiger partial charge in [-0.1, -0.05) is 103 Å². The lowest BCUT2D eigenvalue weighted by Gasteiger charge is -2.40. The molecular weight excluding hydrogens is 480 g/mol. The predicted molar refractivity (Wildman–Crippen MR) is 161 cm³/mol. The summed E-state index contributed by atoms with van der Waals surface area (Å²) < 4.78 is 0. The minimum absolute atomic E-state index is 0.0563. The first-order valence-electron chi connectivity index (χ1n) is 13.8. The van der Waals surface area contributed by atoms with Gasteiger partial charge in [0.25, 0.3) is 0 Å². The van der Waals surface area contributed by atoms with E-state index in [0.717, 1.165) is 36.2 Å². The molecule has 4 aromatic rings. The van der Waals surface area contributed by atoms with Crippen molar-refractivity contribution in [3.8, 4) is 16.9 Å². The number of hydrogen-bond acceptors (Lipinski definition) is 3. The number of amides is 1. The molecule has 1 fully saturated rings. The lowest BCUT2D eigenvalue weighted by Crippen LogP contribution is -2.47. The van der Waals surface area contributed by atoms with Crippen molar-refractivity contribution in [2.24, 2.45) is 5.73 Å². The Kier molecular flexibility index (Phi) is 9.21. The molecule has 0 atom stereocenters. The molecule has 0 spiro atoms. The Morgan fingerprint density at radius 2 is 1.13 bits per heavy atom. The summed E-state index contributed by atoms with van der Waals surface area (Å²) in [5.41, 5.74) is 9.59. The maximum Gasteiger partial charge on any atom is 0.232 e. The molecule has 1 saturated heterocycles. The highest BCUT2D eigenvalue weighted by Gasteiger charge is 2.42. The summed E-state index contributed by atoms with van der Waals surface area (Å²) in [6.07, 6.45) is 4.16. The highest BCUT2D eigenvalue weighted by Crippen LogP contribution is 2.39. The first kappa shape index (κ1) is 28.1. The first-order valence-corrected chi connectivity index (χ1v) is 13.8. The number of phenols is 1. The average Bonchev–Trinajstić information content (AvgIpc) is 3.52. The summed E-state index contributed by atoms with van der Waals surface area (Å²) in [6.45, 7) is 6.88. The summed E-state index contributed by atoms with van der Waals surface area (Å²) in [7, 11) is 0. The number of rotatable bonds is 8. The molecule has 202 valence electrons. The third-order valence-corrected chi connectivity index (χ3v) is 8.00. The lowest BCUT2D eigenvalue weighted by atomic mass is 9.69. The van der Waals surface area contributed by atoms with Gasteiger partial charge in [-0.2, -0.15) is 0 Å². The third-order valence-electron chi connectivity index (χ3n) is 8.00. The highest BCUT2D eigenvalue weighted by molar-refractivity contribution is 5.90. The molecule has 3 N–H and O–H groups in total. The van der Waals surface area contributed by atoms with E-state index in [1.807, 2.05) is 103 Å². The quantitative estimate of drug-likeness (QED) is 0.259. The molecule has 0 bridgehead atoms. The number of benzene rings is 4. The fraction of sp³-hybridized carbons (Fsp3) is 0.286. The second kappa shape index (κ2) is 12.8. The van der Waals surface area contributed by atoms with Crippen molar-refractivity contribution in [1.29, 1.82) is 0 Å². The second-order valence-corrected chi connectivity index (χ2v) is 10.9. The van der Waals surface area contributed by atoms with Gasteiger partial charge >= 0.3 is 0 Å². The van der Waals surface area contributed by atoms with Crippen LogP contribution in [0.3, 0.4) is 0 Å². The Bertz CT molecular complexity index is 1260. The Hall–Kier alpha value is -3.89. The normalized spacial score (nSPS) is 13.9. The van der Waals surface area contributed by atoms with E-state index in [9.17, 15) is 4.79 Å². The molecular formula is C35H40N2O2. The maximum atomic E-state index is 12.9. The molecule has 1 heterocycles. The number of carbonyl (C=O) groups is 1. The van der Waals surface area contributed by atoms with Gasteiger partial charge in [0.1, 0.15) is 5.75 Å². The summed E-state index contributed by atoms with van der Waals surface area (Å²) in [4.78, 5) is 15.4. The molecule has 4 nitrogen and oxygen atoms in total. The minimum atomic E-state index is -0.792. The van der Waals surface area contributed by atoms with Crippen molar-refractivity contribution in [2.45, 2.75) is 50.5 Å². The number of aromatic hydroxyl groups is 1. The van der Waals surface area contributed by atoms with Crippen molar-refractivity contribution < 1.29 is 9.90 Å². The van der Waals surface area contributed by atoms with Crippen LogP contribution in [0.4, 0.5) is 0 Å². The number of carbonyl (C=O) groups excluding carboxylic acids is 1. The van der Waals surface area contributed by atoms with Crippen LogP contribution in [-0.2, 0) is 10.2 Å². The van der Waals surface area contributed by atoms with E-state index in [2.05, 4.69) is 18.7 Å². The smallest absolute Gasteiger partial charge is 0.232 e. The van der Waals surface area contributed by atoms with Gasteiger partial charge in [-0.3, -0.25) is 9.69 Å². The zero-order valence-corrected chi connectivity index (χ0v) is 23.1. The Labute approximate surface area is 233 Å². The molecule has 0 aliphatic carbocycles. The number of hydrogen-bond donors (Lipinski definition) is 2. The molecule has 1 aliphatic heterocycles. The van der Waals surface area contributed by atoms with Crippen molar-refractivity contribution in [2.75, 3.05) is 13.1 Å². The van der Waals surface area contributed by atoms with E-state index >= 15 is 0 Å². The molecule has 4 aromatic carbocycles. The van der Waals surface area contributed by atoms with Crippen LogP contribution in [0.25, 0.3) is 11.1 Å². The molecule has 0 unspecified atom stereocenters. The van der Waals surface area contributed by atoms with Gasteiger partial charge in [-0.25, -0.2) is 0 Å². The lowest BCUT2D eigenvalue weighted by molar-refractivity contribution is -0.122. The van der Waals surface area contributed by atoms with Crippen molar-refractivity contribution in [1.82, 2.24) is 4.90 Å². The van der Waals surface area contributed by atoms with Crippen LogP contribution < -0.4 is 5.73 Å². The van der Waals surface area contributed by atoms with Crippen LogP contribution in [0.5, 0.6) is 5.75 Å². The molecule has 1 amide bonds. The van der Waals surface area contributed by atoms with Gasteiger partial charge in [-0.15, -0.1) is 0 Å². The van der Waals surface area contributed by atoms with Gasteiger partial charge in [0, 0.05) is 5.54 Å². The zero-order valence-electron chi connectivity index (χ0n) is 23.1.